The Hall–Kier alpha value is -2.41. The lowest BCUT2D eigenvalue weighted by atomic mass is 10.3. The number of nitrogens with one attached hydrogen (secondary N) is 1. The number of pyridine rings is 1. The standard InChI is InChI=1S/C19H28N6O/c1-16-14-17(2)25(22-16)9-5-8-21-19(26)15-23-10-12-24(13-11-23)18-6-3-4-7-20-18/h3-4,6-7,14H,5,8-13,15H2,1-2H3,(H,21,26). The summed E-state index contributed by atoms with van der Waals surface area (Å²) in [6, 6.07) is 8.04. The third-order valence-electron chi connectivity index (χ3n) is 4.68. The fourth-order valence-electron chi connectivity index (χ4n) is 3.29. The molecule has 3 rings (SSSR count). The maximum atomic E-state index is 12.1. The summed E-state index contributed by atoms with van der Waals surface area (Å²) in [7, 11) is 0. The highest BCUT2D eigenvalue weighted by molar-refractivity contribution is 5.78. The Morgan fingerprint density at radius 3 is 2.65 bits per heavy atom. The lowest BCUT2D eigenvalue weighted by Crippen LogP contribution is -2.49. The minimum Gasteiger partial charge on any atom is -0.355 e. The van der Waals surface area contributed by atoms with Gasteiger partial charge in [-0.1, -0.05) is 6.07 Å². The zero-order valence-corrected chi connectivity index (χ0v) is 15.7. The van der Waals surface area contributed by atoms with Crippen LogP contribution in [-0.4, -0.2) is 64.8 Å². The summed E-state index contributed by atoms with van der Waals surface area (Å²) in [6.07, 6.45) is 2.71. The van der Waals surface area contributed by atoms with Crippen LogP contribution in [0.3, 0.4) is 0 Å². The van der Waals surface area contributed by atoms with E-state index in [1.54, 1.807) is 0 Å². The molecule has 1 saturated heterocycles. The van der Waals surface area contributed by atoms with Gasteiger partial charge in [0.25, 0.3) is 0 Å². The second kappa shape index (κ2) is 8.80. The van der Waals surface area contributed by atoms with Crippen LogP contribution in [0.15, 0.2) is 30.5 Å². The van der Waals surface area contributed by atoms with E-state index in [0.29, 0.717) is 13.1 Å². The first-order valence-electron chi connectivity index (χ1n) is 9.28. The quantitative estimate of drug-likeness (QED) is 0.756. The third-order valence-corrected chi connectivity index (χ3v) is 4.68. The molecule has 3 heterocycles. The van der Waals surface area contributed by atoms with Crippen LogP contribution in [0, 0.1) is 13.8 Å². The number of nitrogens with zero attached hydrogens (tertiary/aromatic N) is 5. The van der Waals surface area contributed by atoms with Gasteiger partial charge < -0.3 is 10.2 Å². The van der Waals surface area contributed by atoms with Gasteiger partial charge in [0.05, 0.1) is 12.2 Å². The molecule has 7 nitrogen and oxygen atoms in total. The number of piperazine rings is 1. The van der Waals surface area contributed by atoms with Crippen LogP contribution in [0.1, 0.15) is 17.8 Å². The molecule has 0 atom stereocenters. The molecule has 1 aliphatic heterocycles. The van der Waals surface area contributed by atoms with Crippen molar-refractivity contribution in [2.75, 3.05) is 44.2 Å². The summed E-state index contributed by atoms with van der Waals surface area (Å²) >= 11 is 0. The molecule has 0 bridgehead atoms. The normalized spacial score (nSPS) is 15.2. The molecule has 1 fully saturated rings. The Bertz CT molecular complexity index is 706. The van der Waals surface area contributed by atoms with Gasteiger partial charge in [-0.3, -0.25) is 14.4 Å². The lowest BCUT2D eigenvalue weighted by Gasteiger charge is -2.34. The Morgan fingerprint density at radius 1 is 1.19 bits per heavy atom. The second-order valence-electron chi connectivity index (χ2n) is 6.80. The fraction of sp³-hybridized carbons (Fsp3) is 0.526. The summed E-state index contributed by atoms with van der Waals surface area (Å²) < 4.78 is 2.00. The van der Waals surface area contributed by atoms with Crippen molar-refractivity contribution in [3.63, 3.8) is 0 Å². The zero-order valence-electron chi connectivity index (χ0n) is 15.7. The van der Waals surface area contributed by atoms with E-state index in [1.165, 1.54) is 5.69 Å². The molecule has 140 valence electrons. The first-order valence-corrected chi connectivity index (χ1v) is 9.28. The molecule has 0 unspecified atom stereocenters. The van der Waals surface area contributed by atoms with E-state index in [-0.39, 0.29) is 5.91 Å². The number of hydrogen-bond donors (Lipinski definition) is 1. The molecule has 0 aliphatic carbocycles. The maximum Gasteiger partial charge on any atom is 0.234 e. The van der Waals surface area contributed by atoms with Crippen LogP contribution >= 0.6 is 0 Å². The average Bonchev–Trinajstić information content (AvgIpc) is 2.97. The Balaban J connectivity index is 1.32. The van der Waals surface area contributed by atoms with Crippen LogP contribution in [0.5, 0.6) is 0 Å². The van der Waals surface area contributed by atoms with Gasteiger partial charge in [-0.15, -0.1) is 0 Å². The molecule has 26 heavy (non-hydrogen) atoms. The molecule has 0 saturated carbocycles. The molecule has 1 amide bonds. The van der Waals surface area contributed by atoms with E-state index >= 15 is 0 Å². The number of rotatable bonds is 7. The highest BCUT2D eigenvalue weighted by atomic mass is 16.2. The molecular formula is C19H28N6O. The van der Waals surface area contributed by atoms with Crippen molar-refractivity contribution in [2.45, 2.75) is 26.8 Å². The van der Waals surface area contributed by atoms with Crippen molar-refractivity contribution in [1.82, 2.24) is 25.0 Å². The van der Waals surface area contributed by atoms with Gasteiger partial charge >= 0.3 is 0 Å². The molecule has 0 spiro atoms. The van der Waals surface area contributed by atoms with E-state index in [9.17, 15) is 4.79 Å². The van der Waals surface area contributed by atoms with E-state index in [2.05, 4.69) is 38.2 Å². The number of amides is 1. The number of anilines is 1. The third kappa shape index (κ3) is 5.05. The molecule has 2 aromatic rings. The van der Waals surface area contributed by atoms with Gasteiger partial charge in [-0.25, -0.2) is 4.98 Å². The molecule has 0 aromatic carbocycles. The fourth-order valence-corrected chi connectivity index (χ4v) is 3.29. The molecular weight excluding hydrogens is 328 g/mol. The maximum absolute atomic E-state index is 12.1. The van der Waals surface area contributed by atoms with Crippen LogP contribution in [0.2, 0.25) is 0 Å². The lowest BCUT2D eigenvalue weighted by molar-refractivity contribution is -0.122. The molecule has 7 heteroatoms. The van der Waals surface area contributed by atoms with Crippen molar-refractivity contribution in [3.05, 3.63) is 41.9 Å². The summed E-state index contributed by atoms with van der Waals surface area (Å²) in [5.74, 6) is 1.12. The smallest absolute Gasteiger partial charge is 0.234 e. The van der Waals surface area contributed by atoms with E-state index in [4.69, 9.17) is 0 Å². The largest absolute Gasteiger partial charge is 0.355 e. The first kappa shape index (κ1) is 18.4. The van der Waals surface area contributed by atoms with Crippen LogP contribution in [0.25, 0.3) is 0 Å². The second-order valence-corrected chi connectivity index (χ2v) is 6.80. The van der Waals surface area contributed by atoms with Crippen molar-refractivity contribution in [1.29, 1.82) is 0 Å². The minimum atomic E-state index is 0.102. The van der Waals surface area contributed by atoms with Crippen molar-refractivity contribution < 1.29 is 4.79 Å². The zero-order chi connectivity index (χ0) is 18.4. The summed E-state index contributed by atoms with van der Waals surface area (Å²) in [5.41, 5.74) is 2.20. The van der Waals surface area contributed by atoms with Gasteiger partial charge in [0.15, 0.2) is 0 Å². The SMILES string of the molecule is Cc1cc(C)n(CCCNC(=O)CN2CCN(c3ccccn3)CC2)n1. The van der Waals surface area contributed by atoms with Gasteiger partial charge in [0, 0.05) is 51.2 Å². The number of aromatic nitrogens is 3. The van der Waals surface area contributed by atoms with Crippen LogP contribution < -0.4 is 10.2 Å². The molecule has 0 radical (unpaired) electrons. The first-order chi connectivity index (χ1) is 12.6. The van der Waals surface area contributed by atoms with Crippen molar-refractivity contribution in [3.8, 4) is 0 Å². The Kier molecular flexibility index (Phi) is 6.22. The molecule has 1 N–H and O–H groups in total. The highest BCUT2D eigenvalue weighted by Crippen LogP contribution is 2.12. The summed E-state index contributed by atoms with van der Waals surface area (Å²) in [5, 5.41) is 7.46. The van der Waals surface area contributed by atoms with E-state index in [1.807, 2.05) is 36.0 Å². The highest BCUT2D eigenvalue weighted by Gasteiger charge is 2.19. The Labute approximate surface area is 155 Å². The predicted octanol–water partition coefficient (Wildman–Crippen LogP) is 1.22. The molecule has 1 aliphatic rings. The summed E-state index contributed by atoms with van der Waals surface area (Å²) in [6.45, 7) is 9.63. The Morgan fingerprint density at radius 2 is 2.00 bits per heavy atom. The number of aryl methyl sites for hydroxylation is 3. The van der Waals surface area contributed by atoms with Crippen LogP contribution in [0.4, 0.5) is 5.82 Å². The van der Waals surface area contributed by atoms with E-state index in [0.717, 1.165) is 50.7 Å². The van der Waals surface area contributed by atoms with Gasteiger partial charge in [0.2, 0.25) is 5.91 Å². The number of carbonyl (C=O) groups is 1. The average molecular weight is 356 g/mol. The number of hydrogen-bond acceptors (Lipinski definition) is 5. The van der Waals surface area contributed by atoms with E-state index < -0.39 is 0 Å². The monoisotopic (exact) mass is 356 g/mol. The van der Waals surface area contributed by atoms with Crippen molar-refractivity contribution in [2.24, 2.45) is 0 Å². The minimum absolute atomic E-state index is 0.102. The van der Waals surface area contributed by atoms with Gasteiger partial charge in [-0.05, 0) is 38.5 Å². The predicted molar refractivity (Wildman–Crippen MR) is 102 cm³/mol. The topological polar surface area (TPSA) is 66.3 Å². The van der Waals surface area contributed by atoms with Crippen LogP contribution in [-0.2, 0) is 11.3 Å². The van der Waals surface area contributed by atoms with Gasteiger partial charge in [0.1, 0.15) is 5.82 Å². The summed E-state index contributed by atoms with van der Waals surface area (Å²) in [4.78, 5) is 21.0. The number of carbonyl (C=O) groups excluding carboxylic acids is 1. The van der Waals surface area contributed by atoms with Crippen molar-refractivity contribution >= 4 is 11.7 Å². The van der Waals surface area contributed by atoms with Gasteiger partial charge in [-0.2, -0.15) is 5.10 Å². The molecule has 2 aromatic heterocycles.